The molecule has 0 spiro atoms. The highest BCUT2D eigenvalue weighted by atomic mass is 16.5. The first-order valence-corrected chi connectivity index (χ1v) is 7.09. The van der Waals surface area contributed by atoms with Crippen molar-refractivity contribution in [3.05, 3.63) is 64.7 Å². The van der Waals surface area contributed by atoms with Crippen molar-refractivity contribution in [2.24, 2.45) is 0 Å². The van der Waals surface area contributed by atoms with Gasteiger partial charge in [-0.15, -0.1) is 0 Å². The number of aryl methyl sites for hydroxylation is 2. The average Bonchev–Trinajstić information content (AvgIpc) is 2.46. The van der Waals surface area contributed by atoms with Gasteiger partial charge in [-0.1, -0.05) is 42.8 Å². The highest BCUT2D eigenvalue weighted by molar-refractivity contribution is 5.38. The molecule has 0 unspecified atom stereocenters. The van der Waals surface area contributed by atoms with Gasteiger partial charge in [0.2, 0.25) is 0 Å². The van der Waals surface area contributed by atoms with E-state index in [1.165, 1.54) is 5.56 Å². The number of hydrogen-bond acceptors (Lipinski definition) is 2. The normalized spacial score (nSPS) is 12.2. The summed E-state index contributed by atoms with van der Waals surface area (Å²) in [6.07, 6.45) is 0.526. The predicted octanol–water partition coefficient (Wildman–Crippen LogP) is 4.19. The first kappa shape index (κ1) is 14.6. The fourth-order valence-electron chi connectivity index (χ4n) is 2.16. The standard InChI is InChI=1S/C18H22O2/c1-4-15-6-8-16(9-7-15)12-20-18-10-5-13(2)11-17(18)14(3)19/h5-11,14,19H,4,12H2,1-3H3/t14-/m0/s1. The van der Waals surface area contributed by atoms with Crippen LogP contribution in [0.3, 0.4) is 0 Å². The van der Waals surface area contributed by atoms with E-state index < -0.39 is 6.10 Å². The van der Waals surface area contributed by atoms with Crippen LogP contribution in [0.25, 0.3) is 0 Å². The predicted molar refractivity (Wildman–Crippen MR) is 82.0 cm³/mol. The first-order chi connectivity index (χ1) is 9.60. The van der Waals surface area contributed by atoms with Gasteiger partial charge in [-0.2, -0.15) is 0 Å². The second-order valence-electron chi connectivity index (χ2n) is 5.18. The second kappa shape index (κ2) is 6.58. The minimum absolute atomic E-state index is 0.521. The monoisotopic (exact) mass is 270 g/mol. The van der Waals surface area contributed by atoms with Gasteiger partial charge in [0, 0.05) is 5.56 Å². The van der Waals surface area contributed by atoms with Gasteiger partial charge >= 0.3 is 0 Å². The van der Waals surface area contributed by atoms with Crippen molar-refractivity contribution >= 4 is 0 Å². The van der Waals surface area contributed by atoms with Gasteiger partial charge in [-0.25, -0.2) is 0 Å². The van der Waals surface area contributed by atoms with E-state index >= 15 is 0 Å². The van der Waals surface area contributed by atoms with Crippen molar-refractivity contribution in [3.8, 4) is 5.75 Å². The van der Waals surface area contributed by atoms with Gasteiger partial charge in [0.25, 0.3) is 0 Å². The van der Waals surface area contributed by atoms with Crippen molar-refractivity contribution in [1.82, 2.24) is 0 Å². The van der Waals surface area contributed by atoms with Crippen molar-refractivity contribution in [3.63, 3.8) is 0 Å². The Balaban J connectivity index is 2.10. The SMILES string of the molecule is CCc1ccc(COc2ccc(C)cc2[C@H](C)O)cc1. The molecule has 0 saturated carbocycles. The van der Waals surface area contributed by atoms with Gasteiger partial charge in [-0.05, 0) is 43.5 Å². The molecule has 1 N–H and O–H groups in total. The largest absolute Gasteiger partial charge is 0.489 e. The van der Waals surface area contributed by atoms with Crippen molar-refractivity contribution in [1.29, 1.82) is 0 Å². The van der Waals surface area contributed by atoms with Crippen LogP contribution >= 0.6 is 0 Å². The highest BCUT2D eigenvalue weighted by Gasteiger charge is 2.09. The Morgan fingerprint density at radius 1 is 1.05 bits per heavy atom. The maximum Gasteiger partial charge on any atom is 0.125 e. The molecule has 2 rings (SSSR count). The summed E-state index contributed by atoms with van der Waals surface area (Å²) in [6, 6.07) is 14.3. The molecule has 106 valence electrons. The summed E-state index contributed by atoms with van der Waals surface area (Å²) in [4.78, 5) is 0. The molecule has 20 heavy (non-hydrogen) atoms. The maximum atomic E-state index is 9.81. The van der Waals surface area contributed by atoms with Crippen molar-refractivity contribution < 1.29 is 9.84 Å². The van der Waals surface area contributed by atoms with Crippen LogP contribution < -0.4 is 4.74 Å². The summed E-state index contributed by atoms with van der Waals surface area (Å²) in [5.41, 5.74) is 4.43. The molecule has 0 heterocycles. The molecule has 0 aliphatic heterocycles. The van der Waals surface area contributed by atoms with Crippen LogP contribution in [0.15, 0.2) is 42.5 Å². The van der Waals surface area contributed by atoms with E-state index in [9.17, 15) is 5.11 Å². The Hall–Kier alpha value is -1.80. The van der Waals surface area contributed by atoms with E-state index in [1.54, 1.807) is 6.92 Å². The summed E-state index contributed by atoms with van der Waals surface area (Å²) < 4.78 is 5.85. The molecular weight excluding hydrogens is 248 g/mol. The lowest BCUT2D eigenvalue weighted by atomic mass is 10.1. The minimum atomic E-state index is -0.521. The molecule has 0 aliphatic carbocycles. The van der Waals surface area contributed by atoms with E-state index in [1.807, 2.05) is 25.1 Å². The fourth-order valence-corrected chi connectivity index (χ4v) is 2.16. The second-order valence-corrected chi connectivity index (χ2v) is 5.18. The van der Waals surface area contributed by atoms with Crippen LogP contribution in [0.2, 0.25) is 0 Å². The number of aliphatic hydroxyl groups excluding tert-OH is 1. The van der Waals surface area contributed by atoms with Crippen LogP contribution in [0.4, 0.5) is 0 Å². The Labute approximate surface area is 121 Å². The number of ether oxygens (including phenoxy) is 1. The highest BCUT2D eigenvalue weighted by Crippen LogP contribution is 2.27. The smallest absolute Gasteiger partial charge is 0.125 e. The molecule has 2 aromatic rings. The molecule has 1 atom stereocenters. The Kier molecular flexibility index (Phi) is 4.80. The Morgan fingerprint density at radius 3 is 2.30 bits per heavy atom. The number of rotatable bonds is 5. The van der Waals surface area contributed by atoms with Gasteiger partial charge in [0.1, 0.15) is 12.4 Å². The molecule has 0 aliphatic rings. The van der Waals surface area contributed by atoms with Crippen LogP contribution in [0, 0.1) is 6.92 Å². The topological polar surface area (TPSA) is 29.5 Å². The zero-order chi connectivity index (χ0) is 14.5. The number of aliphatic hydroxyl groups is 1. The summed E-state index contributed by atoms with van der Waals surface area (Å²) in [6.45, 7) is 6.44. The molecule has 0 bridgehead atoms. The molecule has 2 nitrogen and oxygen atoms in total. The molecule has 0 aromatic heterocycles. The minimum Gasteiger partial charge on any atom is -0.489 e. The van der Waals surface area contributed by atoms with E-state index in [2.05, 4.69) is 31.2 Å². The molecule has 0 radical (unpaired) electrons. The van der Waals surface area contributed by atoms with Gasteiger partial charge in [0.15, 0.2) is 0 Å². The van der Waals surface area contributed by atoms with Gasteiger partial charge in [-0.3, -0.25) is 0 Å². The molecule has 0 saturated heterocycles. The van der Waals surface area contributed by atoms with Crippen LogP contribution in [0.5, 0.6) is 5.75 Å². The summed E-state index contributed by atoms with van der Waals surface area (Å²) >= 11 is 0. The van der Waals surface area contributed by atoms with Crippen LogP contribution in [-0.4, -0.2) is 5.11 Å². The summed E-state index contributed by atoms with van der Waals surface area (Å²) in [5.74, 6) is 0.755. The quantitative estimate of drug-likeness (QED) is 0.882. The van der Waals surface area contributed by atoms with Crippen molar-refractivity contribution in [2.45, 2.75) is 39.9 Å². The molecule has 2 aromatic carbocycles. The molecule has 2 heteroatoms. The zero-order valence-electron chi connectivity index (χ0n) is 12.4. The Bertz CT molecular complexity index is 556. The van der Waals surface area contributed by atoms with Crippen LogP contribution in [0.1, 0.15) is 42.2 Å². The third-order valence-electron chi connectivity index (χ3n) is 3.44. The molecule has 0 amide bonds. The Morgan fingerprint density at radius 2 is 1.70 bits per heavy atom. The molecule has 0 fully saturated rings. The van der Waals surface area contributed by atoms with Gasteiger partial charge in [0.05, 0.1) is 6.10 Å². The summed E-state index contributed by atoms with van der Waals surface area (Å²) in [7, 11) is 0. The third-order valence-corrected chi connectivity index (χ3v) is 3.44. The van der Waals surface area contributed by atoms with E-state index in [4.69, 9.17) is 4.74 Å². The van der Waals surface area contributed by atoms with E-state index in [0.29, 0.717) is 6.61 Å². The van der Waals surface area contributed by atoms with E-state index in [-0.39, 0.29) is 0 Å². The molecular formula is C18H22O2. The first-order valence-electron chi connectivity index (χ1n) is 7.09. The van der Waals surface area contributed by atoms with Crippen molar-refractivity contribution in [2.75, 3.05) is 0 Å². The van der Waals surface area contributed by atoms with E-state index in [0.717, 1.165) is 28.9 Å². The lowest BCUT2D eigenvalue weighted by Gasteiger charge is -2.14. The maximum absolute atomic E-state index is 9.81. The van der Waals surface area contributed by atoms with Gasteiger partial charge < -0.3 is 9.84 Å². The summed E-state index contributed by atoms with van der Waals surface area (Å²) in [5, 5.41) is 9.81. The van der Waals surface area contributed by atoms with Crippen LogP contribution in [-0.2, 0) is 13.0 Å². The third kappa shape index (κ3) is 3.61. The lowest BCUT2D eigenvalue weighted by Crippen LogP contribution is -2.01. The fraction of sp³-hybridized carbons (Fsp3) is 0.333. The lowest BCUT2D eigenvalue weighted by molar-refractivity contribution is 0.190. The number of hydrogen-bond donors (Lipinski definition) is 1. The number of benzene rings is 2. The average molecular weight is 270 g/mol. The zero-order valence-corrected chi connectivity index (χ0v) is 12.4.